The van der Waals surface area contributed by atoms with Gasteiger partial charge < -0.3 is 5.32 Å². The van der Waals surface area contributed by atoms with Gasteiger partial charge in [-0.05, 0) is 54.1 Å². The number of carbonyl (C=O) groups is 1. The molecule has 0 radical (unpaired) electrons. The lowest BCUT2D eigenvalue weighted by Gasteiger charge is -2.19. The molecule has 2 N–H and O–H groups in total. The smallest absolute Gasteiger partial charge is 0.250 e. The SMILES string of the molecule is Cc1cc(Cl)ccc1NC(=O)[C@H](Cc1ccccc1)NS(=O)(=O)c1cccs1. The minimum atomic E-state index is -3.80. The van der Waals surface area contributed by atoms with Crippen LogP contribution in [0.4, 0.5) is 5.69 Å². The van der Waals surface area contributed by atoms with Crippen LogP contribution in [0.25, 0.3) is 0 Å². The molecule has 0 aliphatic heterocycles. The summed E-state index contributed by atoms with van der Waals surface area (Å²) in [5.41, 5.74) is 2.23. The van der Waals surface area contributed by atoms with E-state index in [1.807, 2.05) is 37.3 Å². The third-order valence-electron chi connectivity index (χ3n) is 4.10. The molecule has 0 spiro atoms. The van der Waals surface area contributed by atoms with Crippen molar-refractivity contribution < 1.29 is 13.2 Å². The van der Waals surface area contributed by atoms with E-state index in [4.69, 9.17) is 11.6 Å². The molecule has 5 nitrogen and oxygen atoms in total. The molecule has 0 bridgehead atoms. The van der Waals surface area contributed by atoms with Crippen LogP contribution in [0.5, 0.6) is 0 Å². The zero-order valence-electron chi connectivity index (χ0n) is 15.1. The van der Waals surface area contributed by atoms with Crippen LogP contribution >= 0.6 is 22.9 Å². The Hall–Kier alpha value is -2.19. The highest BCUT2D eigenvalue weighted by atomic mass is 35.5. The lowest BCUT2D eigenvalue weighted by molar-refractivity contribution is -0.117. The maximum Gasteiger partial charge on any atom is 0.250 e. The van der Waals surface area contributed by atoms with Gasteiger partial charge in [-0.3, -0.25) is 4.79 Å². The highest BCUT2D eigenvalue weighted by Crippen LogP contribution is 2.21. The Bertz CT molecular complexity index is 1050. The first-order valence-corrected chi connectivity index (χ1v) is 11.3. The maximum absolute atomic E-state index is 12.9. The Morgan fingerprint density at radius 3 is 2.50 bits per heavy atom. The van der Waals surface area contributed by atoms with Crippen LogP contribution in [0.15, 0.2) is 70.3 Å². The minimum Gasteiger partial charge on any atom is -0.324 e. The van der Waals surface area contributed by atoms with E-state index in [1.165, 1.54) is 6.07 Å². The number of carbonyl (C=O) groups excluding carboxylic acids is 1. The summed E-state index contributed by atoms with van der Waals surface area (Å²) in [6.45, 7) is 1.82. The Morgan fingerprint density at radius 2 is 1.86 bits per heavy atom. The number of anilines is 1. The molecule has 0 aliphatic carbocycles. The molecule has 0 fully saturated rings. The van der Waals surface area contributed by atoms with E-state index in [0.717, 1.165) is 22.5 Å². The highest BCUT2D eigenvalue weighted by molar-refractivity contribution is 7.91. The van der Waals surface area contributed by atoms with E-state index in [0.29, 0.717) is 10.7 Å². The number of sulfonamides is 1. The number of benzene rings is 2. The van der Waals surface area contributed by atoms with Crippen molar-refractivity contribution in [2.24, 2.45) is 0 Å². The van der Waals surface area contributed by atoms with Crippen molar-refractivity contribution in [1.29, 1.82) is 0 Å². The largest absolute Gasteiger partial charge is 0.324 e. The van der Waals surface area contributed by atoms with Gasteiger partial charge in [-0.2, -0.15) is 4.72 Å². The molecular weight excluding hydrogens is 416 g/mol. The highest BCUT2D eigenvalue weighted by Gasteiger charge is 2.27. The van der Waals surface area contributed by atoms with Gasteiger partial charge in [0.05, 0.1) is 0 Å². The Morgan fingerprint density at radius 1 is 1.11 bits per heavy atom. The summed E-state index contributed by atoms with van der Waals surface area (Å²) < 4.78 is 28.0. The molecule has 1 aromatic heterocycles. The standard InChI is InChI=1S/C20H19ClN2O3S2/c1-14-12-16(21)9-10-17(14)22-20(24)18(13-15-6-3-2-4-7-15)23-28(25,26)19-8-5-11-27-19/h2-12,18,23H,13H2,1H3,(H,22,24)/t18-/m0/s1. The zero-order valence-corrected chi connectivity index (χ0v) is 17.4. The van der Waals surface area contributed by atoms with Crippen molar-refractivity contribution >= 4 is 44.6 Å². The molecule has 3 aromatic rings. The molecule has 0 aliphatic rings. The van der Waals surface area contributed by atoms with E-state index in [1.54, 1.807) is 29.6 Å². The van der Waals surface area contributed by atoms with Gasteiger partial charge in [-0.25, -0.2) is 8.42 Å². The van der Waals surface area contributed by atoms with Crippen molar-refractivity contribution in [3.8, 4) is 0 Å². The first kappa shape index (κ1) is 20.5. The monoisotopic (exact) mass is 434 g/mol. The molecule has 1 amide bonds. The number of rotatable bonds is 7. The quantitative estimate of drug-likeness (QED) is 0.584. The molecule has 0 unspecified atom stereocenters. The molecule has 3 rings (SSSR count). The second-order valence-corrected chi connectivity index (χ2v) is 9.57. The van der Waals surface area contributed by atoms with Gasteiger partial charge >= 0.3 is 0 Å². The second-order valence-electron chi connectivity index (χ2n) is 6.24. The van der Waals surface area contributed by atoms with E-state index < -0.39 is 22.0 Å². The number of thiophene rings is 1. The summed E-state index contributed by atoms with van der Waals surface area (Å²) >= 11 is 7.07. The van der Waals surface area contributed by atoms with E-state index in [-0.39, 0.29) is 10.6 Å². The van der Waals surface area contributed by atoms with Gasteiger partial charge in [-0.15, -0.1) is 11.3 Å². The van der Waals surface area contributed by atoms with Crippen molar-refractivity contribution in [1.82, 2.24) is 4.72 Å². The van der Waals surface area contributed by atoms with E-state index >= 15 is 0 Å². The molecule has 0 saturated heterocycles. The van der Waals surface area contributed by atoms with E-state index in [2.05, 4.69) is 10.0 Å². The predicted octanol–water partition coefficient (Wildman–Crippen LogP) is 4.24. The van der Waals surface area contributed by atoms with Crippen LogP contribution in [0, 0.1) is 6.92 Å². The Kier molecular flexibility index (Phi) is 6.51. The summed E-state index contributed by atoms with van der Waals surface area (Å²) in [6, 6.07) is 16.6. The number of aryl methyl sites for hydroxylation is 1. The third-order valence-corrected chi connectivity index (χ3v) is 7.21. The number of hydrogen-bond acceptors (Lipinski definition) is 4. The Labute approximate surface area is 173 Å². The fourth-order valence-electron chi connectivity index (χ4n) is 2.69. The average Bonchev–Trinajstić information content (AvgIpc) is 3.20. The van der Waals surface area contributed by atoms with Gasteiger partial charge in [0.2, 0.25) is 5.91 Å². The molecule has 146 valence electrons. The topological polar surface area (TPSA) is 75.3 Å². The van der Waals surface area contributed by atoms with Gasteiger partial charge in [0.25, 0.3) is 10.0 Å². The van der Waals surface area contributed by atoms with Crippen LogP contribution < -0.4 is 10.0 Å². The van der Waals surface area contributed by atoms with Crippen LogP contribution in [-0.4, -0.2) is 20.4 Å². The van der Waals surface area contributed by atoms with Gasteiger partial charge in [0.1, 0.15) is 10.3 Å². The zero-order chi connectivity index (χ0) is 20.1. The van der Waals surface area contributed by atoms with Crippen molar-refractivity contribution in [2.45, 2.75) is 23.6 Å². The first-order valence-electron chi connectivity index (χ1n) is 8.52. The van der Waals surface area contributed by atoms with Gasteiger partial charge in [0, 0.05) is 10.7 Å². The molecule has 1 atom stereocenters. The fraction of sp³-hybridized carbons (Fsp3) is 0.150. The predicted molar refractivity (Wildman–Crippen MR) is 113 cm³/mol. The number of amides is 1. The average molecular weight is 435 g/mol. The molecule has 2 aromatic carbocycles. The summed E-state index contributed by atoms with van der Waals surface area (Å²) in [5, 5.41) is 5.05. The molecule has 8 heteroatoms. The van der Waals surface area contributed by atoms with Crippen LogP contribution in [0.3, 0.4) is 0 Å². The van der Waals surface area contributed by atoms with E-state index in [9.17, 15) is 13.2 Å². The van der Waals surface area contributed by atoms with Crippen LogP contribution in [0.2, 0.25) is 5.02 Å². The first-order chi connectivity index (χ1) is 13.3. The normalized spacial score (nSPS) is 12.5. The van der Waals surface area contributed by atoms with Gasteiger partial charge in [-0.1, -0.05) is 48.0 Å². The number of nitrogens with one attached hydrogen (secondary N) is 2. The molecule has 28 heavy (non-hydrogen) atoms. The second kappa shape index (κ2) is 8.87. The van der Waals surface area contributed by atoms with Crippen molar-refractivity contribution in [3.05, 3.63) is 82.2 Å². The number of hydrogen-bond donors (Lipinski definition) is 2. The summed E-state index contributed by atoms with van der Waals surface area (Å²) in [7, 11) is -3.80. The maximum atomic E-state index is 12.9. The lowest BCUT2D eigenvalue weighted by atomic mass is 10.1. The lowest BCUT2D eigenvalue weighted by Crippen LogP contribution is -2.45. The van der Waals surface area contributed by atoms with Crippen LogP contribution in [0.1, 0.15) is 11.1 Å². The summed E-state index contributed by atoms with van der Waals surface area (Å²) in [4.78, 5) is 12.9. The molecular formula is C20H19ClN2O3S2. The molecule has 1 heterocycles. The van der Waals surface area contributed by atoms with Gasteiger partial charge in [0.15, 0.2) is 0 Å². The van der Waals surface area contributed by atoms with Crippen molar-refractivity contribution in [3.63, 3.8) is 0 Å². The fourth-order valence-corrected chi connectivity index (χ4v) is 5.12. The van der Waals surface area contributed by atoms with Crippen LogP contribution in [-0.2, 0) is 21.2 Å². The Balaban J connectivity index is 1.85. The third kappa shape index (κ3) is 5.20. The summed E-state index contributed by atoms with van der Waals surface area (Å²) in [5.74, 6) is -0.436. The summed E-state index contributed by atoms with van der Waals surface area (Å²) in [6.07, 6.45) is 0.226. The molecule has 0 saturated carbocycles. The number of halogens is 1. The van der Waals surface area contributed by atoms with Crippen molar-refractivity contribution in [2.75, 3.05) is 5.32 Å². The minimum absolute atomic E-state index is 0.168.